The summed E-state index contributed by atoms with van der Waals surface area (Å²) < 4.78 is 0. The zero-order valence-corrected chi connectivity index (χ0v) is 13.2. The van der Waals surface area contributed by atoms with Gasteiger partial charge in [0.25, 0.3) is 5.91 Å². The molecule has 3 rings (SSSR count). The second-order valence-electron chi connectivity index (χ2n) is 4.80. The molecule has 3 N–H and O–H groups in total. The van der Waals surface area contributed by atoms with Crippen molar-refractivity contribution in [3.63, 3.8) is 0 Å². The molecule has 0 aliphatic rings. The monoisotopic (exact) mass is 347 g/mol. The first kappa shape index (κ1) is 15.4. The number of nitrogens with one attached hydrogen (secondary N) is 2. The van der Waals surface area contributed by atoms with Gasteiger partial charge in [-0.2, -0.15) is 5.10 Å². The van der Waals surface area contributed by atoms with E-state index in [2.05, 4.69) is 15.5 Å². The van der Waals surface area contributed by atoms with Gasteiger partial charge in [-0.25, -0.2) is 0 Å². The van der Waals surface area contributed by atoms with Crippen LogP contribution in [0.2, 0.25) is 10.0 Å². The van der Waals surface area contributed by atoms with Crippen LogP contribution in [0.15, 0.2) is 48.5 Å². The fraction of sp³-hybridized carbons (Fsp3) is 0. The summed E-state index contributed by atoms with van der Waals surface area (Å²) in [5, 5.41) is 19.8. The Morgan fingerprint density at radius 2 is 1.96 bits per heavy atom. The number of H-pyrrole nitrogens is 1. The van der Waals surface area contributed by atoms with Crippen molar-refractivity contribution in [3.05, 3.63) is 64.1 Å². The number of carbonyl (C=O) groups excluding carboxylic acids is 1. The Morgan fingerprint density at radius 1 is 1.13 bits per heavy atom. The van der Waals surface area contributed by atoms with Crippen LogP contribution in [-0.4, -0.2) is 21.2 Å². The number of aromatic amines is 1. The van der Waals surface area contributed by atoms with Gasteiger partial charge in [0.1, 0.15) is 5.75 Å². The number of carbonyl (C=O) groups is 1. The number of hydrogen-bond acceptors (Lipinski definition) is 3. The van der Waals surface area contributed by atoms with Crippen LogP contribution in [0.3, 0.4) is 0 Å². The lowest BCUT2D eigenvalue weighted by atomic mass is 10.1. The van der Waals surface area contributed by atoms with Gasteiger partial charge in [-0.1, -0.05) is 35.3 Å². The van der Waals surface area contributed by atoms with Gasteiger partial charge in [-0.3, -0.25) is 9.89 Å². The van der Waals surface area contributed by atoms with E-state index in [4.69, 9.17) is 23.2 Å². The van der Waals surface area contributed by atoms with Crippen molar-refractivity contribution in [3.8, 4) is 17.0 Å². The molecule has 0 atom stereocenters. The maximum absolute atomic E-state index is 12.2. The van der Waals surface area contributed by atoms with Crippen LogP contribution < -0.4 is 5.32 Å². The maximum atomic E-state index is 12.2. The molecular weight excluding hydrogens is 337 g/mol. The number of phenolic OH excluding ortho intramolecular Hbond substituents is 1. The van der Waals surface area contributed by atoms with E-state index >= 15 is 0 Å². The zero-order chi connectivity index (χ0) is 16.4. The first-order valence-corrected chi connectivity index (χ1v) is 7.40. The fourth-order valence-electron chi connectivity index (χ4n) is 2.06. The van der Waals surface area contributed by atoms with Gasteiger partial charge in [0.05, 0.1) is 16.3 Å². The third kappa shape index (κ3) is 3.47. The number of phenols is 1. The summed E-state index contributed by atoms with van der Waals surface area (Å²) in [7, 11) is 0. The predicted molar refractivity (Wildman–Crippen MR) is 90.1 cm³/mol. The fourth-order valence-corrected chi connectivity index (χ4v) is 2.45. The summed E-state index contributed by atoms with van der Waals surface area (Å²) in [6.45, 7) is 0. The maximum Gasteiger partial charge on any atom is 0.258 e. The summed E-state index contributed by atoms with van der Waals surface area (Å²) >= 11 is 11.9. The van der Waals surface area contributed by atoms with Gasteiger partial charge >= 0.3 is 0 Å². The van der Waals surface area contributed by atoms with Crippen LogP contribution >= 0.6 is 23.2 Å². The van der Waals surface area contributed by atoms with Gasteiger partial charge in [0, 0.05) is 16.7 Å². The summed E-state index contributed by atoms with van der Waals surface area (Å²) in [5.41, 5.74) is 1.73. The van der Waals surface area contributed by atoms with Gasteiger partial charge in [0.2, 0.25) is 0 Å². The lowest BCUT2D eigenvalue weighted by molar-refractivity contribution is 0.102. The van der Waals surface area contributed by atoms with Gasteiger partial charge < -0.3 is 10.4 Å². The molecule has 0 saturated carbocycles. The highest BCUT2D eigenvalue weighted by molar-refractivity contribution is 6.34. The normalized spacial score (nSPS) is 10.5. The number of rotatable bonds is 3. The van der Waals surface area contributed by atoms with Crippen LogP contribution in [-0.2, 0) is 0 Å². The minimum atomic E-state index is -0.463. The molecule has 116 valence electrons. The van der Waals surface area contributed by atoms with Gasteiger partial charge in [-0.05, 0) is 30.3 Å². The number of hydrogen-bond donors (Lipinski definition) is 3. The van der Waals surface area contributed by atoms with Crippen LogP contribution in [0, 0.1) is 0 Å². The largest absolute Gasteiger partial charge is 0.508 e. The van der Waals surface area contributed by atoms with E-state index in [1.54, 1.807) is 18.2 Å². The molecule has 0 saturated heterocycles. The summed E-state index contributed by atoms with van der Waals surface area (Å²) in [6, 6.07) is 13.1. The van der Waals surface area contributed by atoms with Crippen molar-refractivity contribution in [2.75, 3.05) is 5.32 Å². The quantitative estimate of drug-likeness (QED) is 0.659. The Balaban J connectivity index is 1.81. The Morgan fingerprint density at radius 3 is 2.74 bits per heavy atom. The highest BCUT2D eigenvalue weighted by Gasteiger charge is 2.13. The number of benzene rings is 2. The Labute approximate surface area is 141 Å². The first-order valence-electron chi connectivity index (χ1n) is 6.64. The molecule has 3 aromatic rings. The van der Waals surface area contributed by atoms with E-state index in [-0.39, 0.29) is 16.3 Å². The van der Waals surface area contributed by atoms with Gasteiger partial charge in [0.15, 0.2) is 5.82 Å². The molecule has 23 heavy (non-hydrogen) atoms. The number of amides is 1. The summed E-state index contributed by atoms with van der Waals surface area (Å²) in [4.78, 5) is 12.2. The Bertz CT molecular complexity index is 877. The van der Waals surface area contributed by atoms with Crippen LogP contribution in [0.1, 0.15) is 10.4 Å². The van der Waals surface area contributed by atoms with Crippen molar-refractivity contribution < 1.29 is 9.90 Å². The molecule has 0 unspecified atom stereocenters. The number of halogens is 2. The third-order valence-corrected chi connectivity index (χ3v) is 3.71. The first-order chi connectivity index (χ1) is 11.0. The molecule has 1 aromatic heterocycles. The number of aromatic nitrogens is 2. The lowest BCUT2D eigenvalue weighted by Gasteiger charge is -2.04. The van der Waals surface area contributed by atoms with Crippen LogP contribution in [0.4, 0.5) is 5.82 Å². The Kier molecular flexibility index (Phi) is 4.23. The van der Waals surface area contributed by atoms with E-state index in [1.165, 1.54) is 18.2 Å². The zero-order valence-electron chi connectivity index (χ0n) is 11.7. The highest BCUT2D eigenvalue weighted by Crippen LogP contribution is 2.25. The number of aromatic hydroxyl groups is 1. The predicted octanol–water partition coefficient (Wildman–Crippen LogP) is 4.34. The molecule has 0 aliphatic carbocycles. The molecule has 2 aromatic carbocycles. The van der Waals surface area contributed by atoms with Crippen molar-refractivity contribution in [1.82, 2.24) is 10.2 Å². The van der Waals surface area contributed by atoms with E-state index < -0.39 is 5.91 Å². The second-order valence-corrected chi connectivity index (χ2v) is 5.64. The molecule has 7 heteroatoms. The standard InChI is InChI=1S/C16H11Cl2N3O2/c17-10-3-1-2-9(6-10)14-8-15(21-20-14)19-16(23)12-7-11(22)4-5-13(12)18/h1-8,22H,(H2,19,20,21,23). The number of anilines is 1. The Hall–Kier alpha value is -2.50. The van der Waals surface area contributed by atoms with Gasteiger partial charge in [-0.15, -0.1) is 0 Å². The lowest BCUT2D eigenvalue weighted by Crippen LogP contribution is -2.12. The molecule has 1 heterocycles. The highest BCUT2D eigenvalue weighted by atomic mass is 35.5. The van der Waals surface area contributed by atoms with E-state index in [9.17, 15) is 9.90 Å². The topological polar surface area (TPSA) is 78.0 Å². The van der Waals surface area contributed by atoms with Crippen molar-refractivity contribution >= 4 is 34.9 Å². The minimum absolute atomic E-state index is 0.0406. The molecule has 5 nitrogen and oxygen atoms in total. The van der Waals surface area contributed by atoms with Crippen molar-refractivity contribution in [2.24, 2.45) is 0 Å². The molecule has 1 amide bonds. The minimum Gasteiger partial charge on any atom is -0.508 e. The van der Waals surface area contributed by atoms with Crippen molar-refractivity contribution in [2.45, 2.75) is 0 Å². The SMILES string of the molecule is O=C(Nc1cc(-c2cccc(Cl)c2)[nH]n1)c1cc(O)ccc1Cl. The third-order valence-electron chi connectivity index (χ3n) is 3.15. The average molecular weight is 348 g/mol. The van der Waals surface area contributed by atoms with E-state index in [1.807, 2.05) is 12.1 Å². The summed E-state index contributed by atoms with van der Waals surface area (Å²) in [5.74, 6) is -0.166. The second kappa shape index (κ2) is 6.32. The molecule has 0 bridgehead atoms. The van der Waals surface area contributed by atoms with E-state index in [0.717, 1.165) is 5.56 Å². The summed E-state index contributed by atoms with van der Waals surface area (Å²) in [6.07, 6.45) is 0. The molecular formula is C16H11Cl2N3O2. The van der Waals surface area contributed by atoms with Crippen LogP contribution in [0.25, 0.3) is 11.3 Å². The van der Waals surface area contributed by atoms with Crippen molar-refractivity contribution in [1.29, 1.82) is 0 Å². The smallest absolute Gasteiger partial charge is 0.258 e. The molecule has 0 spiro atoms. The molecule has 0 radical (unpaired) electrons. The average Bonchev–Trinajstić information content (AvgIpc) is 2.98. The number of nitrogens with zero attached hydrogens (tertiary/aromatic N) is 1. The molecule has 0 fully saturated rings. The molecule has 0 aliphatic heterocycles. The van der Waals surface area contributed by atoms with Crippen LogP contribution in [0.5, 0.6) is 5.75 Å². The van der Waals surface area contributed by atoms with E-state index in [0.29, 0.717) is 16.5 Å².